The number of nitrogens with zero attached hydrogens (tertiary/aromatic N) is 1. The van der Waals surface area contributed by atoms with Crippen molar-refractivity contribution in [2.24, 2.45) is 11.8 Å². The van der Waals surface area contributed by atoms with Gasteiger partial charge in [0.25, 0.3) is 0 Å². The normalized spacial score (nSPS) is 14.1. The van der Waals surface area contributed by atoms with Crippen LogP contribution in [0.5, 0.6) is 0 Å². The van der Waals surface area contributed by atoms with Crippen LogP contribution in [0.25, 0.3) is 0 Å². The molecule has 198 valence electrons. The molecule has 8 nitrogen and oxygen atoms in total. The predicted molar refractivity (Wildman–Crippen MR) is 135 cm³/mol. The van der Waals surface area contributed by atoms with Crippen molar-refractivity contribution < 1.29 is 23.9 Å². The molecular weight excluding hydrogens is 451 g/mol. The maximum absolute atomic E-state index is 13.4. The number of nitrogens with one attached hydrogen (secondary N) is 3. The molecule has 0 spiro atoms. The lowest BCUT2D eigenvalue weighted by Gasteiger charge is -2.33. The molecule has 0 aliphatic rings. The number of hydrogen-bond donors (Lipinski definition) is 4. The van der Waals surface area contributed by atoms with E-state index in [4.69, 9.17) is 0 Å². The second kappa shape index (κ2) is 14.0. The Labute approximate surface area is 209 Å². The second-order valence-corrected chi connectivity index (χ2v) is 10.7. The Balaban J connectivity index is 3.07. The molecule has 0 fully saturated rings. The lowest BCUT2D eigenvalue weighted by atomic mass is 9.99. The number of amides is 4. The summed E-state index contributed by atoms with van der Waals surface area (Å²) < 4.78 is 13.4. The van der Waals surface area contributed by atoms with Crippen LogP contribution in [0.15, 0.2) is 24.3 Å². The summed E-state index contributed by atoms with van der Waals surface area (Å²) in [7, 11) is 0. The van der Waals surface area contributed by atoms with Crippen LogP contribution in [0, 0.1) is 17.7 Å². The molecule has 0 aliphatic carbocycles. The van der Waals surface area contributed by atoms with Crippen LogP contribution in [0.3, 0.4) is 0 Å². The van der Waals surface area contributed by atoms with Crippen LogP contribution in [-0.2, 0) is 16.0 Å². The summed E-state index contributed by atoms with van der Waals surface area (Å²) in [6.07, 6.45) is -0.0683. The number of benzene rings is 1. The van der Waals surface area contributed by atoms with E-state index in [0.29, 0.717) is 12.5 Å². The molecule has 0 aromatic heterocycles. The minimum absolute atomic E-state index is 0.0147. The average molecular weight is 495 g/mol. The molecule has 0 aliphatic heterocycles. The lowest BCUT2D eigenvalue weighted by Crippen LogP contribution is -2.55. The summed E-state index contributed by atoms with van der Waals surface area (Å²) in [5.41, 5.74) is 0.289. The highest BCUT2D eigenvalue weighted by atomic mass is 19.1. The Hall–Kier alpha value is -2.68. The van der Waals surface area contributed by atoms with Gasteiger partial charge in [0.2, 0.25) is 11.8 Å². The highest BCUT2D eigenvalue weighted by Gasteiger charge is 2.29. The molecule has 9 heteroatoms. The van der Waals surface area contributed by atoms with Crippen molar-refractivity contribution in [3.8, 4) is 0 Å². The third-order valence-electron chi connectivity index (χ3n) is 5.42. The Bertz CT molecular complexity index is 824. The van der Waals surface area contributed by atoms with Gasteiger partial charge in [-0.3, -0.25) is 9.59 Å². The van der Waals surface area contributed by atoms with E-state index in [1.165, 1.54) is 19.1 Å². The van der Waals surface area contributed by atoms with Gasteiger partial charge in [0, 0.05) is 25.6 Å². The van der Waals surface area contributed by atoms with E-state index >= 15 is 0 Å². The van der Waals surface area contributed by atoms with Gasteiger partial charge in [0.15, 0.2) is 0 Å². The van der Waals surface area contributed by atoms with Gasteiger partial charge in [-0.05, 0) is 57.2 Å². The first-order valence-corrected chi connectivity index (χ1v) is 12.2. The summed E-state index contributed by atoms with van der Waals surface area (Å²) in [6.45, 7) is 13.5. The van der Waals surface area contributed by atoms with Gasteiger partial charge in [-0.2, -0.15) is 0 Å². The molecule has 1 rings (SSSR count). The van der Waals surface area contributed by atoms with Crippen molar-refractivity contribution in [3.63, 3.8) is 0 Å². The second-order valence-electron chi connectivity index (χ2n) is 10.7. The van der Waals surface area contributed by atoms with Gasteiger partial charge in [0.05, 0.1) is 24.6 Å². The van der Waals surface area contributed by atoms with E-state index in [1.807, 2.05) is 20.8 Å². The first-order chi connectivity index (χ1) is 16.2. The maximum Gasteiger partial charge on any atom is 0.317 e. The van der Waals surface area contributed by atoms with Crippen LogP contribution in [-0.4, -0.2) is 65.2 Å². The molecule has 0 saturated carbocycles. The standard InChI is InChI=1S/C26H43FN4O4/c1-17(2)12-13-31(25(35)30-26(5,6)7)16-23(33)22(14-20-8-10-21(27)11-9-20)29-24(34)18(3)15-28-19(4)32/h8-11,17-18,22-23,33H,12-16H2,1-7H3,(H,28,32)(H,29,34)(H,30,35)/t18?,22-,23?/m0/s1. The Morgan fingerprint density at radius 1 is 1.09 bits per heavy atom. The maximum atomic E-state index is 13.4. The number of aliphatic hydroxyl groups is 1. The van der Waals surface area contributed by atoms with Gasteiger partial charge < -0.3 is 26.0 Å². The van der Waals surface area contributed by atoms with E-state index in [2.05, 4.69) is 29.8 Å². The predicted octanol–water partition coefficient (Wildman–Crippen LogP) is 2.84. The molecule has 0 radical (unpaired) electrons. The molecule has 1 aromatic rings. The fourth-order valence-electron chi connectivity index (χ4n) is 3.31. The zero-order chi connectivity index (χ0) is 26.8. The molecule has 2 unspecified atom stereocenters. The van der Waals surface area contributed by atoms with Gasteiger partial charge in [0.1, 0.15) is 5.82 Å². The molecule has 4 amide bonds. The van der Waals surface area contributed by atoms with E-state index in [0.717, 1.165) is 12.0 Å². The SMILES string of the molecule is CC(=O)NCC(C)C(=O)N[C@@H](Cc1ccc(F)cc1)C(O)CN(CCC(C)C)C(=O)NC(C)(C)C. The van der Waals surface area contributed by atoms with E-state index in [1.54, 1.807) is 24.0 Å². The molecule has 0 heterocycles. The minimum Gasteiger partial charge on any atom is -0.389 e. The Morgan fingerprint density at radius 2 is 1.69 bits per heavy atom. The van der Waals surface area contributed by atoms with Crippen LogP contribution >= 0.6 is 0 Å². The Morgan fingerprint density at radius 3 is 2.20 bits per heavy atom. The Kier molecular flexibility index (Phi) is 12.2. The van der Waals surface area contributed by atoms with Crippen molar-refractivity contribution in [2.45, 2.75) is 79.0 Å². The summed E-state index contributed by atoms with van der Waals surface area (Å²) in [6, 6.07) is 4.84. The minimum atomic E-state index is -1.07. The monoisotopic (exact) mass is 494 g/mol. The number of aliphatic hydroxyl groups excluding tert-OH is 1. The zero-order valence-corrected chi connectivity index (χ0v) is 22.2. The number of hydrogen-bond acceptors (Lipinski definition) is 4. The molecule has 0 bridgehead atoms. The van der Waals surface area contributed by atoms with E-state index in [-0.39, 0.29) is 43.2 Å². The van der Waals surface area contributed by atoms with E-state index in [9.17, 15) is 23.9 Å². The summed E-state index contributed by atoms with van der Waals surface area (Å²) >= 11 is 0. The zero-order valence-electron chi connectivity index (χ0n) is 22.2. The first-order valence-electron chi connectivity index (χ1n) is 12.2. The van der Waals surface area contributed by atoms with Gasteiger partial charge in [-0.1, -0.05) is 32.9 Å². The van der Waals surface area contributed by atoms with Crippen LogP contribution < -0.4 is 16.0 Å². The van der Waals surface area contributed by atoms with Gasteiger partial charge in [-0.15, -0.1) is 0 Å². The third kappa shape index (κ3) is 12.5. The van der Waals surface area contributed by atoms with Gasteiger partial charge in [-0.25, -0.2) is 9.18 Å². The molecule has 35 heavy (non-hydrogen) atoms. The van der Waals surface area contributed by atoms with Crippen molar-refractivity contribution in [2.75, 3.05) is 19.6 Å². The molecule has 4 N–H and O–H groups in total. The van der Waals surface area contributed by atoms with Crippen LogP contribution in [0.4, 0.5) is 9.18 Å². The molecule has 3 atom stereocenters. The van der Waals surface area contributed by atoms with E-state index < -0.39 is 23.6 Å². The molecular formula is C26H43FN4O4. The van der Waals surface area contributed by atoms with Gasteiger partial charge >= 0.3 is 6.03 Å². The number of carbonyl (C=O) groups excluding carboxylic acids is 3. The van der Waals surface area contributed by atoms with Crippen molar-refractivity contribution in [1.29, 1.82) is 0 Å². The number of carbonyl (C=O) groups is 3. The van der Waals surface area contributed by atoms with Crippen molar-refractivity contribution >= 4 is 17.8 Å². The summed E-state index contributed by atoms with van der Waals surface area (Å²) in [5.74, 6) is -1.11. The first kappa shape index (κ1) is 30.4. The highest BCUT2D eigenvalue weighted by Crippen LogP contribution is 2.13. The number of urea groups is 1. The molecule has 1 aromatic carbocycles. The number of halogens is 1. The fourth-order valence-corrected chi connectivity index (χ4v) is 3.31. The number of rotatable bonds is 12. The summed E-state index contributed by atoms with van der Waals surface area (Å²) in [5, 5.41) is 19.6. The van der Waals surface area contributed by atoms with Crippen molar-refractivity contribution in [1.82, 2.24) is 20.9 Å². The average Bonchev–Trinajstić information content (AvgIpc) is 2.74. The molecule has 0 saturated heterocycles. The van der Waals surface area contributed by atoms with Crippen LogP contribution in [0.1, 0.15) is 60.5 Å². The smallest absolute Gasteiger partial charge is 0.317 e. The topological polar surface area (TPSA) is 111 Å². The quantitative estimate of drug-likeness (QED) is 0.358. The highest BCUT2D eigenvalue weighted by molar-refractivity contribution is 5.80. The summed E-state index contributed by atoms with van der Waals surface area (Å²) in [4.78, 5) is 38.5. The van der Waals surface area contributed by atoms with Crippen molar-refractivity contribution in [3.05, 3.63) is 35.6 Å². The lowest BCUT2D eigenvalue weighted by molar-refractivity contribution is -0.126. The third-order valence-corrected chi connectivity index (χ3v) is 5.42. The fraction of sp³-hybridized carbons (Fsp3) is 0.654. The van der Waals surface area contributed by atoms with Crippen LogP contribution in [0.2, 0.25) is 0 Å². The largest absolute Gasteiger partial charge is 0.389 e.